The predicted octanol–water partition coefficient (Wildman–Crippen LogP) is 4.23. The van der Waals surface area contributed by atoms with Crippen LogP contribution in [0.3, 0.4) is 0 Å². The van der Waals surface area contributed by atoms with E-state index in [0.717, 1.165) is 11.1 Å². The first-order chi connectivity index (χ1) is 12.0. The minimum Gasteiger partial charge on any atom is -0.368 e. The van der Waals surface area contributed by atoms with Crippen LogP contribution in [0.2, 0.25) is 10.0 Å². The summed E-state index contributed by atoms with van der Waals surface area (Å²) in [6.45, 7) is 0.960. The van der Waals surface area contributed by atoms with Crippen molar-refractivity contribution in [2.45, 2.75) is 13.1 Å². The second-order valence-corrected chi connectivity index (χ2v) is 6.59. The van der Waals surface area contributed by atoms with Gasteiger partial charge < -0.3 is 4.90 Å². The van der Waals surface area contributed by atoms with Crippen LogP contribution in [0, 0.1) is 0 Å². The fourth-order valence-corrected chi connectivity index (χ4v) is 3.09. The smallest absolute Gasteiger partial charge is 0.287 e. The third-order valence-corrected chi connectivity index (χ3v) is 4.45. The maximum absolute atomic E-state index is 12.5. The van der Waals surface area contributed by atoms with Gasteiger partial charge in [0.2, 0.25) is 0 Å². The van der Waals surface area contributed by atoms with E-state index in [9.17, 15) is 4.79 Å². The molecule has 0 atom stereocenters. The van der Waals surface area contributed by atoms with Crippen molar-refractivity contribution in [3.63, 3.8) is 0 Å². The molecule has 25 heavy (non-hydrogen) atoms. The molecule has 1 aromatic heterocycles. The second-order valence-electron chi connectivity index (χ2n) is 5.78. The zero-order valence-electron chi connectivity index (χ0n) is 13.7. The average molecular weight is 374 g/mol. The number of nitrogens with zero attached hydrogens (tertiary/aromatic N) is 3. The van der Waals surface area contributed by atoms with Gasteiger partial charge in [-0.05, 0) is 23.3 Å². The van der Waals surface area contributed by atoms with E-state index in [2.05, 4.69) is 5.10 Å². The van der Waals surface area contributed by atoms with Crippen LogP contribution in [0.25, 0.3) is 0 Å². The van der Waals surface area contributed by atoms with E-state index >= 15 is 0 Å². The Morgan fingerprint density at radius 3 is 2.48 bits per heavy atom. The van der Waals surface area contributed by atoms with Gasteiger partial charge in [-0.1, -0.05) is 65.7 Å². The minimum atomic E-state index is -0.305. The van der Waals surface area contributed by atoms with Gasteiger partial charge in [-0.15, -0.1) is 0 Å². The summed E-state index contributed by atoms with van der Waals surface area (Å²) in [5, 5.41) is 5.10. The van der Waals surface area contributed by atoms with E-state index in [1.54, 1.807) is 6.20 Å². The highest BCUT2D eigenvalue weighted by atomic mass is 35.5. The Labute approximate surface area is 156 Å². The Kier molecular flexibility index (Phi) is 5.41. The zero-order chi connectivity index (χ0) is 17.8. The van der Waals surface area contributed by atoms with Crippen LogP contribution in [0.15, 0.2) is 65.6 Å². The van der Waals surface area contributed by atoms with Crippen molar-refractivity contribution in [2.24, 2.45) is 0 Å². The Hall–Kier alpha value is -2.30. The number of halogens is 2. The van der Waals surface area contributed by atoms with Crippen LogP contribution in [-0.4, -0.2) is 16.8 Å². The molecule has 0 aliphatic heterocycles. The van der Waals surface area contributed by atoms with Crippen LogP contribution >= 0.6 is 23.2 Å². The van der Waals surface area contributed by atoms with Crippen molar-refractivity contribution in [1.82, 2.24) is 9.78 Å². The van der Waals surface area contributed by atoms with Crippen LogP contribution < -0.4 is 10.5 Å². The lowest BCUT2D eigenvalue weighted by Gasteiger charge is -2.20. The molecule has 0 spiro atoms. The lowest BCUT2D eigenvalue weighted by atomic mass is 10.2. The molecule has 128 valence electrons. The maximum atomic E-state index is 12.5. The van der Waals surface area contributed by atoms with Gasteiger partial charge in [-0.3, -0.25) is 4.79 Å². The highest BCUT2D eigenvalue weighted by Gasteiger charge is 2.13. The summed E-state index contributed by atoms with van der Waals surface area (Å²) >= 11 is 12.3. The first-order valence-electron chi connectivity index (χ1n) is 7.80. The molecule has 3 rings (SSSR count). The van der Waals surface area contributed by atoms with Gasteiger partial charge in [0, 0.05) is 18.6 Å². The molecule has 0 bridgehead atoms. The molecular formula is C19H17Cl2N3O. The monoisotopic (exact) mass is 373 g/mol. The lowest BCUT2D eigenvalue weighted by molar-refractivity contribution is 0.637. The molecule has 6 heteroatoms. The second kappa shape index (κ2) is 7.72. The van der Waals surface area contributed by atoms with Gasteiger partial charge in [-0.25, -0.2) is 4.68 Å². The van der Waals surface area contributed by atoms with Crippen LogP contribution in [-0.2, 0) is 13.1 Å². The summed E-state index contributed by atoms with van der Waals surface area (Å²) < 4.78 is 1.37. The van der Waals surface area contributed by atoms with Crippen molar-refractivity contribution in [3.05, 3.63) is 92.3 Å². The highest BCUT2D eigenvalue weighted by molar-refractivity contribution is 6.33. The number of aromatic nitrogens is 2. The molecule has 0 N–H and O–H groups in total. The van der Waals surface area contributed by atoms with Crippen molar-refractivity contribution >= 4 is 28.9 Å². The quantitative estimate of drug-likeness (QED) is 0.671. The molecule has 0 unspecified atom stereocenters. The lowest BCUT2D eigenvalue weighted by Crippen LogP contribution is -2.27. The Morgan fingerprint density at radius 2 is 1.76 bits per heavy atom. The summed E-state index contributed by atoms with van der Waals surface area (Å²) in [5.41, 5.74) is 2.31. The van der Waals surface area contributed by atoms with E-state index in [0.29, 0.717) is 23.8 Å². The van der Waals surface area contributed by atoms with Crippen molar-refractivity contribution in [3.8, 4) is 0 Å². The normalized spacial score (nSPS) is 10.7. The summed E-state index contributed by atoms with van der Waals surface area (Å²) in [5.74, 6) is 0. The third kappa shape index (κ3) is 4.21. The molecule has 2 aromatic carbocycles. The molecule has 0 aliphatic rings. The fraction of sp³-hybridized carbons (Fsp3) is 0.158. The summed E-state index contributed by atoms with van der Waals surface area (Å²) in [4.78, 5) is 14.4. The molecule has 0 aliphatic carbocycles. The summed E-state index contributed by atoms with van der Waals surface area (Å²) in [6.07, 6.45) is 1.62. The van der Waals surface area contributed by atoms with Gasteiger partial charge in [0.15, 0.2) is 0 Å². The van der Waals surface area contributed by atoms with Gasteiger partial charge >= 0.3 is 0 Å². The van der Waals surface area contributed by atoms with E-state index in [4.69, 9.17) is 23.2 Å². The molecule has 4 nitrogen and oxygen atoms in total. The van der Waals surface area contributed by atoms with Crippen LogP contribution in [0.5, 0.6) is 0 Å². The number of benzene rings is 2. The zero-order valence-corrected chi connectivity index (χ0v) is 15.2. The molecule has 0 amide bonds. The Bertz CT molecular complexity index is 925. The Morgan fingerprint density at radius 1 is 1.04 bits per heavy atom. The summed E-state index contributed by atoms with van der Waals surface area (Å²) in [7, 11) is 1.87. The van der Waals surface area contributed by atoms with E-state index in [1.807, 2.05) is 66.5 Å². The average Bonchev–Trinajstić information content (AvgIpc) is 2.60. The predicted molar refractivity (Wildman–Crippen MR) is 103 cm³/mol. The first-order valence-corrected chi connectivity index (χ1v) is 8.55. The van der Waals surface area contributed by atoms with Gasteiger partial charge in [0.25, 0.3) is 5.56 Å². The van der Waals surface area contributed by atoms with Crippen LogP contribution in [0.4, 0.5) is 5.69 Å². The molecule has 0 saturated heterocycles. The molecule has 1 heterocycles. The van der Waals surface area contributed by atoms with Crippen molar-refractivity contribution < 1.29 is 0 Å². The molecule has 3 aromatic rings. The van der Waals surface area contributed by atoms with Crippen molar-refractivity contribution in [2.75, 3.05) is 11.9 Å². The van der Waals surface area contributed by atoms with Gasteiger partial charge in [-0.2, -0.15) is 5.10 Å². The fourth-order valence-electron chi connectivity index (χ4n) is 2.59. The number of hydrogen-bond acceptors (Lipinski definition) is 3. The minimum absolute atomic E-state index is 0.162. The number of anilines is 1. The maximum Gasteiger partial charge on any atom is 0.287 e. The summed E-state index contributed by atoms with van der Waals surface area (Å²) in [6, 6.07) is 17.2. The van der Waals surface area contributed by atoms with E-state index in [1.165, 1.54) is 4.68 Å². The molecule has 0 fully saturated rings. The SMILES string of the molecule is CN(Cc1cccc(Cl)c1)c1cnn(Cc2ccccc2)c(=O)c1Cl. The molecule has 0 radical (unpaired) electrons. The first kappa shape index (κ1) is 17.5. The van der Waals surface area contributed by atoms with Crippen LogP contribution in [0.1, 0.15) is 11.1 Å². The Balaban J connectivity index is 1.83. The standard InChI is InChI=1S/C19H17Cl2N3O/c1-23(12-15-8-5-9-16(20)10-15)17-11-22-24(19(25)18(17)21)13-14-6-3-2-4-7-14/h2-11H,12-13H2,1H3. The topological polar surface area (TPSA) is 38.1 Å². The molecular weight excluding hydrogens is 357 g/mol. The van der Waals surface area contributed by atoms with Crippen molar-refractivity contribution in [1.29, 1.82) is 0 Å². The highest BCUT2D eigenvalue weighted by Crippen LogP contribution is 2.22. The number of rotatable bonds is 5. The van der Waals surface area contributed by atoms with E-state index in [-0.39, 0.29) is 10.6 Å². The van der Waals surface area contributed by atoms with E-state index < -0.39 is 0 Å². The largest absolute Gasteiger partial charge is 0.368 e. The molecule has 0 saturated carbocycles. The number of hydrogen-bond donors (Lipinski definition) is 0. The van der Waals surface area contributed by atoms with Gasteiger partial charge in [0.05, 0.1) is 18.4 Å². The van der Waals surface area contributed by atoms with Gasteiger partial charge in [0.1, 0.15) is 5.02 Å². The third-order valence-electron chi connectivity index (χ3n) is 3.86.